The molecule has 2 aromatic carbocycles. The molecule has 0 aliphatic carbocycles. The maximum absolute atomic E-state index is 11.8. The minimum Gasteiger partial charge on any atom is -0.677 e. The quantitative estimate of drug-likeness (QED) is 0.249. The molecular weight excluding hydrogens is 660 g/mol. The zero-order chi connectivity index (χ0) is 35.0. The first-order chi connectivity index (χ1) is 20.0. The molecule has 200 valence electrons. The number of rotatable bonds is 10. The summed E-state index contributed by atoms with van der Waals surface area (Å²) in [5.74, 6) is -3.18. The molecule has 36 heavy (non-hydrogen) atoms. The van der Waals surface area contributed by atoms with Gasteiger partial charge in [0.2, 0.25) is 12.3 Å². The molecule has 0 aliphatic rings. The van der Waals surface area contributed by atoms with E-state index in [1.54, 1.807) is 54.6 Å². The predicted molar refractivity (Wildman–Crippen MR) is 134 cm³/mol. The van der Waals surface area contributed by atoms with Crippen LogP contribution in [0.2, 0.25) is 0 Å². The SMILES string of the molecule is Cl.O=C=O.[2H]C(N)=O.[2H]C([2H])(C(=O)OCc1ccccc1)C([2H])([2H])C([2H])(N)C(N)=O.[2H]C([2H])(C[NH-])C([2H])([2H])Cc1ccccc1.[W]. The summed E-state index contributed by atoms with van der Waals surface area (Å²) in [5.41, 5.74) is 22.4. The molecule has 1 unspecified atom stereocenters. The first kappa shape index (κ1) is 22.3. The largest absolute Gasteiger partial charge is 0.677 e. The molecule has 0 spiro atoms. The molecule has 0 aliphatic heterocycles. The second kappa shape index (κ2) is 30.2. The Morgan fingerprint density at radius 3 is 1.94 bits per heavy atom. The molecule has 2 amide bonds. The van der Waals surface area contributed by atoms with E-state index in [1.807, 2.05) is 6.07 Å². The van der Waals surface area contributed by atoms with Gasteiger partial charge in [0.25, 0.3) is 0 Å². The predicted octanol–water partition coefficient (Wildman–Crippen LogP) is 2.32. The van der Waals surface area contributed by atoms with Gasteiger partial charge >= 0.3 is 12.1 Å². The van der Waals surface area contributed by atoms with Gasteiger partial charge in [0.15, 0.2) is 0 Å². The number of hydrogen-bond acceptors (Lipinski definition) is 7. The summed E-state index contributed by atoms with van der Waals surface area (Å²) < 4.78 is 78.2. The summed E-state index contributed by atoms with van der Waals surface area (Å²) in [6.07, 6.45) is -11.7. The molecule has 0 saturated heterocycles. The molecule has 0 bridgehead atoms. The Kier molecular flexibility index (Phi) is 18.7. The molecule has 0 aromatic heterocycles. The third-order valence-electron chi connectivity index (χ3n) is 3.13. The number of primary amides is 2. The summed E-state index contributed by atoms with van der Waals surface area (Å²) >= 11 is 0. The monoisotopic (exact) mass is 703 g/mol. The maximum Gasteiger partial charge on any atom is 0.373 e. The molecule has 0 heterocycles. The molecule has 2 rings (SSSR count). The second-order valence-corrected chi connectivity index (χ2v) is 5.48. The van der Waals surface area contributed by atoms with Gasteiger partial charge in [0.05, 0.1) is 7.39 Å². The molecule has 12 heteroatoms. The third-order valence-corrected chi connectivity index (χ3v) is 3.13. The van der Waals surface area contributed by atoms with Gasteiger partial charge in [-0.25, -0.2) is 0 Å². The standard InChI is InChI=1S/C12H16N2O3.C10H14N.CH3NO.CO2.ClH.W/c13-10(12(14)16)6-7-11(15)17-8-9-4-2-1-3-5-9;11-9-5-4-8-10-6-2-1-3-7-10;2*2-1-3;;/h1-5,10H,6-8,13H2,(H2,14,16);1-3,6-7,11H,4-5,8-9H2;1H,(H2,2,3);;1H;/q;-1;;;;/i6D2,7D2,10D;4D2,5D2;1D;;;. The van der Waals surface area contributed by atoms with Crippen LogP contribution in [0.15, 0.2) is 60.7 Å². The van der Waals surface area contributed by atoms with Crippen molar-refractivity contribution in [2.24, 2.45) is 17.2 Å². The molecule has 0 fully saturated rings. The van der Waals surface area contributed by atoms with Gasteiger partial charge < -0.3 is 27.7 Å². The van der Waals surface area contributed by atoms with Crippen LogP contribution in [0.25, 0.3) is 5.73 Å². The number of carbonyl (C=O) groups is 3. The van der Waals surface area contributed by atoms with E-state index in [4.69, 9.17) is 50.0 Å². The van der Waals surface area contributed by atoms with Crippen molar-refractivity contribution in [3.63, 3.8) is 0 Å². The van der Waals surface area contributed by atoms with Crippen molar-refractivity contribution >= 4 is 36.8 Å². The van der Waals surface area contributed by atoms with Crippen molar-refractivity contribution in [2.45, 2.75) is 44.5 Å². The van der Waals surface area contributed by atoms with Gasteiger partial charge in [0, 0.05) is 38.4 Å². The van der Waals surface area contributed by atoms with Gasteiger partial charge in [-0.2, -0.15) is 16.1 Å². The van der Waals surface area contributed by atoms with Crippen LogP contribution >= 0.6 is 12.4 Å². The van der Waals surface area contributed by atoms with Crippen molar-refractivity contribution in [1.29, 1.82) is 0 Å². The van der Waals surface area contributed by atoms with Crippen LogP contribution in [-0.2, 0) is 62.8 Å². The van der Waals surface area contributed by atoms with Crippen LogP contribution in [0.3, 0.4) is 0 Å². The van der Waals surface area contributed by atoms with E-state index in [2.05, 4.69) is 5.73 Å². The first-order valence-electron chi connectivity index (χ1n) is 14.2. The molecule has 0 saturated carbocycles. The Bertz CT molecular complexity index is 1240. The summed E-state index contributed by atoms with van der Waals surface area (Å²) in [6, 6.07) is 14.1. The van der Waals surface area contributed by atoms with Gasteiger partial charge in [-0.1, -0.05) is 73.4 Å². The number of amides is 2. The Morgan fingerprint density at radius 2 is 1.53 bits per heavy atom. The Labute approximate surface area is 246 Å². The van der Waals surface area contributed by atoms with E-state index >= 15 is 0 Å². The fourth-order valence-corrected chi connectivity index (χ4v) is 1.76. The van der Waals surface area contributed by atoms with E-state index < -0.39 is 56.3 Å². The van der Waals surface area contributed by atoms with Crippen molar-refractivity contribution < 1.29 is 63.5 Å². The number of aryl methyl sites for hydroxylation is 1. The fourth-order valence-electron chi connectivity index (χ4n) is 1.76. The van der Waals surface area contributed by atoms with Crippen molar-refractivity contribution in [3.05, 3.63) is 77.5 Å². The number of esters is 1. The Morgan fingerprint density at radius 1 is 1.08 bits per heavy atom. The topological polar surface area (TPSA) is 196 Å². The smallest absolute Gasteiger partial charge is 0.373 e. The summed E-state index contributed by atoms with van der Waals surface area (Å²) in [4.78, 5) is 48.0. The average molecular weight is 704 g/mol. The zero-order valence-electron chi connectivity index (χ0n) is 28.9. The summed E-state index contributed by atoms with van der Waals surface area (Å²) in [6.45, 7) is -0.853. The molecule has 0 radical (unpaired) electrons. The van der Waals surface area contributed by atoms with E-state index in [0.717, 1.165) is 5.56 Å². The Hall–Kier alpha value is -2.87. The van der Waals surface area contributed by atoms with Crippen molar-refractivity contribution in [1.82, 2.24) is 0 Å². The van der Waals surface area contributed by atoms with Crippen molar-refractivity contribution in [3.8, 4) is 0 Å². The molecular formula is C24H34ClN4O6W-. The van der Waals surface area contributed by atoms with Crippen LogP contribution < -0.4 is 17.2 Å². The Balaban J connectivity index is -0.000000319. The minimum atomic E-state index is -3.39. The van der Waals surface area contributed by atoms with Crippen LogP contribution in [0.5, 0.6) is 0 Å². The zero-order valence-corrected chi connectivity index (χ0v) is 22.6. The number of hydrogen-bond donors (Lipinski definition) is 3. The van der Waals surface area contributed by atoms with Crippen LogP contribution in [-0.4, -0.2) is 37.0 Å². The third kappa shape index (κ3) is 27.4. The number of carbonyl (C=O) groups excluding carboxylic acids is 5. The summed E-state index contributed by atoms with van der Waals surface area (Å²) in [5, 5.41) is 0. The second-order valence-electron chi connectivity index (χ2n) is 5.48. The normalized spacial score (nSPS) is 15.7. The molecule has 1 atom stereocenters. The molecule has 10 nitrogen and oxygen atoms in total. The minimum absolute atomic E-state index is 0. The number of halogens is 1. The van der Waals surface area contributed by atoms with Gasteiger partial charge in [-0.05, 0) is 23.9 Å². The van der Waals surface area contributed by atoms with Gasteiger partial charge in [-0.15, -0.1) is 12.4 Å². The van der Waals surface area contributed by atoms with Crippen LogP contribution in [0.1, 0.15) is 50.3 Å². The average Bonchev–Trinajstić information content (AvgIpc) is 2.92. The number of benzene rings is 2. The van der Waals surface area contributed by atoms with Crippen LogP contribution in [0, 0.1) is 0 Å². The summed E-state index contributed by atoms with van der Waals surface area (Å²) in [7, 11) is 0. The van der Waals surface area contributed by atoms with Gasteiger partial charge in [0.1, 0.15) is 7.98 Å². The number of nitrogens with one attached hydrogen (secondary N) is 1. The molecule has 7 N–H and O–H groups in total. The number of ether oxygens (including phenoxy) is 1. The molecule has 2 aromatic rings. The number of nitrogens with two attached hydrogens (primary N) is 3. The van der Waals surface area contributed by atoms with E-state index in [-0.39, 0.29) is 52.7 Å². The first-order valence-corrected chi connectivity index (χ1v) is 9.22. The van der Waals surface area contributed by atoms with E-state index in [1.165, 1.54) is 0 Å². The van der Waals surface area contributed by atoms with E-state index in [9.17, 15) is 9.59 Å². The van der Waals surface area contributed by atoms with E-state index in [0.29, 0.717) is 5.56 Å². The maximum atomic E-state index is 11.8. The van der Waals surface area contributed by atoms with Crippen LogP contribution in [0.4, 0.5) is 0 Å². The fraction of sp³-hybridized carbons (Fsp3) is 0.333. The van der Waals surface area contributed by atoms with Crippen molar-refractivity contribution in [2.75, 3.05) is 6.54 Å². The van der Waals surface area contributed by atoms with Gasteiger partial charge in [-0.3, -0.25) is 14.4 Å².